The van der Waals surface area contributed by atoms with Gasteiger partial charge >= 0.3 is 0 Å². The molecule has 2 aromatic carbocycles. The number of hydrogen-bond donors (Lipinski definition) is 2. The summed E-state index contributed by atoms with van der Waals surface area (Å²) in [6.45, 7) is 1.84. The van der Waals surface area contributed by atoms with Gasteiger partial charge in [0.2, 0.25) is 10.0 Å². The Labute approximate surface area is 143 Å². The van der Waals surface area contributed by atoms with Gasteiger partial charge in [0.25, 0.3) is 0 Å². The maximum absolute atomic E-state index is 11.9. The standard InChI is InChI=1S/C19H23NO3S/c1-13-18(24(20,22)23)12-11-17(14-5-3-2-4-6-14)19(13)15-7-9-16(21)10-8-15/h2-6,11-12,15-16,21H,7-10H2,1H3,(H2,20,22,23)/t15-,16-. The molecule has 0 radical (unpaired) electrons. The molecule has 1 aliphatic rings. The monoisotopic (exact) mass is 345 g/mol. The lowest BCUT2D eigenvalue weighted by Gasteiger charge is -2.29. The van der Waals surface area contributed by atoms with Crippen molar-refractivity contribution in [2.75, 3.05) is 0 Å². The zero-order valence-corrected chi connectivity index (χ0v) is 14.6. The third kappa shape index (κ3) is 3.38. The molecular weight excluding hydrogens is 322 g/mol. The molecule has 3 rings (SSSR count). The molecule has 0 spiro atoms. The second kappa shape index (κ2) is 6.67. The molecule has 0 saturated heterocycles. The van der Waals surface area contributed by atoms with Crippen LogP contribution in [-0.2, 0) is 10.0 Å². The Hall–Kier alpha value is -1.69. The van der Waals surface area contributed by atoms with Gasteiger partial charge in [0.1, 0.15) is 0 Å². The van der Waals surface area contributed by atoms with Gasteiger partial charge < -0.3 is 5.11 Å². The van der Waals surface area contributed by atoms with Crippen molar-refractivity contribution in [1.29, 1.82) is 0 Å². The molecule has 24 heavy (non-hydrogen) atoms. The highest BCUT2D eigenvalue weighted by Gasteiger charge is 2.27. The van der Waals surface area contributed by atoms with E-state index in [2.05, 4.69) is 0 Å². The summed E-state index contributed by atoms with van der Waals surface area (Å²) in [4.78, 5) is 0.198. The van der Waals surface area contributed by atoms with Crippen LogP contribution in [-0.4, -0.2) is 19.6 Å². The predicted molar refractivity (Wildman–Crippen MR) is 95.2 cm³/mol. The second-order valence-electron chi connectivity index (χ2n) is 6.57. The molecule has 0 bridgehead atoms. The molecule has 0 aliphatic heterocycles. The van der Waals surface area contributed by atoms with E-state index < -0.39 is 10.0 Å². The lowest BCUT2D eigenvalue weighted by Crippen LogP contribution is -2.20. The van der Waals surface area contributed by atoms with Crippen LogP contribution < -0.4 is 5.14 Å². The molecular formula is C19H23NO3S. The van der Waals surface area contributed by atoms with Crippen LogP contribution in [0.15, 0.2) is 47.4 Å². The second-order valence-corrected chi connectivity index (χ2v) is 8.10. The Morgan fingerprint density at radius 3 is 2.21 bits per heavy atom. The predicted octanol–water partition coefficient (Wildman–Crippen LogP) is 3.33. The molecule has 0 unspecified atom stereocenters. The van der Waals surface area contributed by atoms with Crippen LogP contribution in [0.5, 0.6) is 0 Å². The van der Waals surface area contributed by atoms with Gasteiger partial charge in [-0.25, -0.2) is 13.6 Å². The average molecular weight is 345 g/mol. The Morgan fingerprint density at radius 2 is 1.62 bits per heavy atom. The lowest BCUT2D eigenvalue weighted by molar-refractivity contribution is 0.122. The lowest BCUT2D eigenvalue weighted by atomic mass is 9.78. The van der Waals surface area contributed by atoms with Crippen molar-refractivity contribution in [1.82, 2.24) is 0 Å². The fraction of sp³-hybridized carbons (Fsp3) is 0.368. The molecule has 1 fully saturated rings. The first kappa shape index (κ1) is 17.1. The van der Waals surface area contributed by atoms with Gasteiger partial charge in [-0.3, -0.25) is 0 Å². The minimum Gasteiger partial charge on any atom is -0.393 e. The summed E-state index contributed by atoms with van der Waals surface area (Å²) < 4.78 is 23.9. The Kier molecular flexibility index (Phi) is 4.76. The van der Waals surface area contributed by atoms with E-state index in [0.717, 1.165) is 47.9 Å². The van der Waals surface area contributed by atoms with E-state index in [0.29, 0.717) is 0 Å². The van der Waals surface area contributed by atoms with E-state index in [4.69, 9.17) is 5.14 Å². The maximum atomic E-state index is 11.9. The maximum Gasteiger partial charge on any atom is 0.238 e. The Balaban J connectivity index is 2.18. The van der Waals surface area contributed by atoms with Gasteiger partial charge in [0.05, 0.1) is 11.0 Å². The van der Waals surface area contributed by atoms with E-state index in [1.807, 2.05) is 43.3 Å². The Morgan fingerprint density at radius 1 is 1.00 bits per heavy atom. The van der Waals surface area contributed by atoms with E-state index in [1.165, 1.54) is 0 Å². The summed E-state index contributed by atoms with van der Waals surface area (Å²) in [5, 5.41) is 15.2. The number of rotatable bonds is 3. The van der Waals surface area contributed by atoms with Gasteiger partial charge in [-0.05, 0) is 66.8 Å². The SMILES string of the molecule is Cc1c(S(N)(=O)=O)ccc(-c2ccccc2)c1[C@H]1CC[C@H](O)CC1. The highest BCUT2D eigenvalue weighted by Crippen LogP contribution is 2.41. The molecule has 1 aliphatic carbocycles. The van der Waals surface area contributed by atoms with Crippen molar-refractivity contribution >= 4 is 10.0 Å². The van der Waals surface area contributed by atoms with Crippen molar-refractivity contribution < 1.29 is 13.5 Å². The first-order chi connectivity index (χ1) is 11.4. The summed E-state index contributed by atoms with van der Waals surface area (Å²) in [5.41, 5.74) is 3.92. The summed E-state index contributed by atoms with van der Waals surface area (Å²) >= 11 is 0. The third-order valence-electron chi connectivity index (χ3n) is 4.96. The van der Waals surface area contributed by atoms with Crippen LogP contribution in [0, 0.1) is 6.92 Å². The van der Waals surface area contributed by atoms with Crippen LogP contribution in [0.2, 0.25) is 0 Å². The molecule has 4 nitrogen and oxygen atoms in total. The number of aliphatic hydroxyl groups excluding tert-OH is 1. The number of aliphatic hydroxyl groups is 1. The van der Waals surface area contributed by atoms with Crippen molar-refractivity contribution in [3.63, 3.8) is 0 Å². The van der Waals surface area contributed by atoms with Gasteiger partial charge in [-0.2, -0.15) is 0 Å². The molecule has 0 heterocycles. The summed E-state index contributed by atoms with van der Waals surface area (Å²) in [6.07, 6.45) is 2.96. The molecule has 1 saturated carbocycles. The number of benzene rings is 2. The van der Waals surface area contributed by atoms with E-state index >= 15 is 0 Å². The van der Waals surface area contributed by atoms with Gasteiger partial charge in [-0.15, -0.1) is 0 Å². The van der Waals surface area contributed by atoms with Crippen molar-refractivity contribution in [2.24, 2.45) is 5.14 Å². The Bertz CT molecular complexity index is 823. The summed E-state index contributed by atoms with van der Waals surface area (Å²) in [7, 11) is -3.75. The average Bonchev–Trinajstić information content (AvgIpc) is 2.55. The van der Waals surface area contributed by atoms with E-state index in [9.17, 15) is 13.5 Å². The third-order valence-corrected chi connectivity index (χ3v) is 6.02. The molecule has 3 N–H and O–H groups in total. The van der Waals surface area contributed by atoms with Crippen molar-refractivity contribution in [3.05, 3.63) is 53.6 Å². The van der Waals surface area contributed by atoms with Crippen LogP contribution in [0.4, 0.5) is 0 Å². The van der Waals surface area contributed by atoms with Crippen molar-refractivity contribution in [3.8, 4) is 11.1 Å². The highest BCUT2D eigenvalue weighted by atomic mass is 32.2. The van der Waals surface area contributed by atoms with Gasteiger partial charge in [-0.1, -0.05) is 36.4 Å². The largest absolute Gasteiger partial charge is 0.393 e. The summed E-state index contributed by atoms with van der Waals surface area (Å²) in [6, 6.07) is 13.5. The number of sulfonamides is 1. The van der Waals surface area contributed by atoms with Crippen LogP contribution >= 0.6 is 0 Å². The fourth-order valence-corrected chi connectivity index (χ4v) is 4.57. The highest BCUT2D eigenvalue weighted by molar-refractivity contribution is 7.89. The van der Waals surface area contributed by atoms with Crippen LogP contribution in [0.1, 0.15) is 42.7 Å². The molecule has 0 amide bonds. The minimum atomic E-state index is -3.75. The number of primary sulfonamides is 1. The molecule has 128 valence electrons. The van der Waals surface area contributed by atoms with Crippen molar-refractivity contribution in [2.45, 2.75) is 49.5 Å². The van der Waals surface area contributed by atoms with E-state index in [1.54, 1.807) is 6.07 Å². The van der Waals surface area contributed by atoms with Gasteiger partial charge in [0.15, 0.2) is 0 Å². The zero-order chi connectivity index (χ0) is 17.3. The number of hydrogen-bond acceptors (Lipinski definition) is 3. The first-order valence-corrected chi connectivity index (χ1v) is 9.82. The number of nitrogens with two attached hydrogens (primary N) is 1. The van der Waals surface area contributed by atoms with Gasteiger partial charge in [0, 0.05) is 0 Å². The molecule has 5 heteroatoms. The van der Waals surface area contributed by atoms with E-state index in [-0.39, 0.29) is 16.9 Å². The zero-order valence-electron chi connectivity index (χ0n) is 13.8. The molecule has 0 aromatic heterocycles. The van der Waals surface area contributed by atoms with Crippen LogP contribution in [0.25, 0.3) is 11.1 Å². The molecule has 2 aromatic rings. The summed E-state index contributed by atoms with van der Waals surface area (Å²) in [5.74, 6) is 0.241. The normalized spacial score (nSPS) is 21.6. The quantitative estimate of drug-likeness (QED) is 0.895. The minimum absolute atomic E-state index is 0.198. The first-order valence-electron chi connectivity index (χ1n) is 8.27. The fourth-order valence-electron chi connectivity index (χ4n) is 3.78. The molecule has 0 atom stereocenters. The van der Waals surface area contributed by atoms with Crippen LogP contribution in [0.3, 0.4) is 0 Å². The smallest absolute Gasteiger partial charge is 0.238 e. The topological polar surface area (TPSA) is 80.4 Å².